The summed E-state index contributed by atoms with van der Waals surface area (Å²) in [6, 6.07) is 0. The highest BCUT2D eigenvalue weighted by Gasteiger charge is 2.33. The minimum absolute atomic E-state index is 1.22. The van der Waals surface area contributed by atoms with Crippen molar-refractivity contribution in [1.82, 2.24) is 0 Å². The molecule has 2 nitrogen and oxygen atoms in total. The molecule has 0 aliphatic rings. The number of rotatable bonds is 2. The van der Waals surface area contributed by atoms with Crippen molar-refractivity contribution in [3.8, 4) is 0 Å². The average Bonchev–Trinajstić information content (AvgIpc) is 1.62. The van der Waals surface area contributed by atoms with Gasteiger partial charge in [-0.05, 0) is 6.92 Å². The van der Waals surface area contributed by atoms with E-state index in [0.29, 0.717) is 0 Å². The second-order valence-electron chi connectivity index (χ2n) is 1.66. The Kier molecular flexibility index (Phi) is 3.06. The molecule has 1 atom stereocenters. The van der Waals surface area contributed by atoms with Crippen LogP contribution in [0.5, 0.6) is 0 Å². The van der Waals surface area contributed by atoms with E-state index in [1.165, 1.54) is 6.92 Å². The molecule has 0 aromatic carbocycles. The van der Waals surface area contributed by atoms with Gasteiger partial charge in [-0.15, -0.1) is 11.6 Å². The Morgan fingerprint density at radius 3 is 2.00 bits per heavy atom. The van der Waals surface area contributed by atoms with E-state index >= 15 is 0 Å². The van der Waals surface area contributed by atoms with Crippen molar-refractivity contribution in [3.05, 3.63) is 0 Å². The first-order valence-corrected chi connectivity index (χ1v) is 3.29. The second-order valence-corrected chi connectivity index (χ2v) is 3.86. The van der Waals surface area contributed by atoms with Crippen molar-refractivity contribution in [2.75, 3.05) is 0 Å². The fraction of sp³-hybridized carbons (Fsp3) is 0.750. The van der Waals surface area contributed by atoms with Gasteiger partial charge in [0, 0.05) is 0 Å². The summed E-state index contributed by atoms with van der Waals surface area (Å²) in [6.45, 7) is 1.32. The lowest BCUT2D eigenvalue weighted by molar-refractivity contribution is -0.136. The molecule has 0 bridgehead atoms. The molecule has 0 heterocycles. The first-order valence-electron chi connectivity index (χ1n) is 2.10. The third-order valence-electron chi connectivity index (χ3n) is 0.662. The molecule has 5 heteroatoms. The quantitative estimate of drug-likeness (QED) is 0.677. The van der Waals surface area contributed by atoms with E-state index in [4.69, 9.17) is 39.9 Å². The Labute approximate surface area is 67.7 Å². The normalized spacial score (nSPS) is 15.1. The minimum atomic E-state index is -1.41. The van der Waals surface area contributed by atoms with Crippen LogP contribution in [0.15, 0.2) is 0 Å². The highest BCUT2D eigenvalue weighted by atomic mass is 35.5. The third-order valence-corrected chi connectivity index (χ3v) is 1.94. The van der Waals surface area contributed by atoms with E-state index in [9.17, 15) is 4.79 Å². The summed E-state index contributed by atoms with van der Waals surface area (Å²) in [5.74, 6) is -1.22. The first-order chi connectivity index (χ1) is 3.85. The number of halogens is 3. The topological polar surface area (TPSA) is 37.3 Å². The number of carbonyl (C=O) groups is 1. The molecule has 9 heavy (non-hydrogen) atoms. The van der Waals surface area contributed by atoms with E-state index in [0.717, 1.165) is 0 Å². The lowest BCUT2D eigenvalue weighted by atomic mass is 10.3. The molecule has 0 radical (unpaired) electrons. The maximum absolute atomic E-state index is 10.0. The summed E-state index contributed by atoms with van der Waals surface area (Å²) in [6.07, 6.45) is 0. The number of hydrogen-bond donors (Lipinski definition) is 1. The van der Waals surface area contributed by atoms with Gasteiger partial charge < -0.3 is 5.11 Å². The van der Waals surface area contributed by atoms with Crippen LogP contribution in [0, 0.1) is 0 Å². The average molecular weight is 191 g/mol. The number of aliphatic carboxylic acids is 1. The fourth-order valence-electron chi connectivity index (χ4n) is 0.217. The van der Waals surface area contributed by atoms with Crippen LogP contribution in [0.1, 0.15) is 6.92 Å². The van der Waals surface area contributed by atoms with Gasteiger partial charge in [0.2, 0.25) is 0 Å². The molecule has 0 aromatic heterocycles. The van der Waals surface area contributed by atoms with Gasteiger partial charge in [0.25, 0.3) is 0 Å². The predicted octanol–water partition coefficient (Wildman–Crippen LogP) is 1.87. The summed E-state index contributed by atoms with van der Waals surface area (Å²) in [5.41, 5.74) is 0. The predicted molar refractivity (Wildman–Crippen MR) is 37.4 cm³/mol. The largest absolute Gasteiger partial charge is 0.480 e. The smallest absolute Gasteiger partial charge is 0.324 e. The summed E-state index contributed by atoms with van der Waals surface area (Å²) >= 11 is 15.9. The molecule has 0 aliphatic heterocycles. The van der Waals surface area contributed by atoms with Crippen LogP contribution in [0.25, 0.3) is 0 Å². The van der Waals surface area contributed by atoms with Crippen LogP contribution in [0.4, 0.5) is 0 Å². The molecule has 0 rings (SSSR count). The van der Waals surface area contributed by atoms with Crippen LogP contribution in [0.2, 0.25) is 0 Å². The SMILES string of the molecule is CC(Cl)(Cl)C(Cl)C(=O)O. The van der Waals surface area contributed by atoms with Gasteiger partial charge in [0.05, 0.1) is 0 Å². The molecular weight excluding hydrogens is 186 g/mol. The molecule has 54 valence electrons. The molecule has 0 fully saturated rings. The monoisotopic (exact) mass is 190 g/mol. The van der Waals surface area contributed by atoms with Crippen molar-refractivity contribution >= 4 is 40.8 Å². The zero-order chi connectivity index (χ0) is 7.65. The van der Waals surface area contributed by atoms with E-state index in [2.05, 4.69) is 0 Å². The van der Waals surface area contributed by atoms with E-state index in [-0.39, 0.29) is 0 Å². The zero-order valence-electron chi connectivity index (χ0n) is 4.57. The molecule has 0 saturated heterocycles. The highest BCUT2D eigenvalue weighted by molar-refractivity contribution is 6.54. The highest BCUT2D eigenvalue weighted by Crippen LogP contribution is 2.28. The lowest BCUT2D eigenvalue weighted by Gasteiger charge is -2.14. The van der Waals surface area contributed by atoms with Gasteiger partial charge >= 0.3 is 5.97 Å². The summed E-state index contributed by atoms with van der Waals surface area (Å²) < 4.78 is -1.41. The van der Waals surface area contributed by atoms with Crippen molar-refractivity contribution in [2.45, 2.75) is 16.6 Å². The molecule has 1 N–H and O–H groups in total. The van der Waals surface area contributed by atoms with E-state index < -0.39 is 15.7 Å². The van der Waals surface area contributed by atoms with Crippen LogP contribution < -0.4 is 0 Å². The molecule has 0 saturated carbocycles. The van der Waals surface area contributed by atoms with Crippen molar-refractivity contribution in [2.24, 2.45) is 0 Å². The van der Waals surface area contributed by atoms with Gasteiger partial charge in [-0.2, -0.15) is 0 Å². The first kappa shape index (κ1) is 9.34. The number of carboxylic acid groups (broad SMARTS) is 1. The number of hydrogen-bond acceptors (Lipinski definition) is 1. The Hall–Kier alpha value is 0.340. The van der Waals surface area contributed by atoms with Crippen molar-refractivity contribution in [1.29, 1.82) is 0 Å². The fourth-order valence-corrected chi connectivity index (χ4v) is 0.403. The maximum Gasteiger partial charge on any atom is 0.324 e. The Bertz CT molecular complexity index is 117. The Morgan fingerprint density at radius 2 is 2.00 bits per heavy atom. The summed E-state index contributed by atoms with van der Waals surface area (Å²) in [7, 11) is 0. The molecule has 1 unspecified atom stereocenters. The van der Waals surface area contributed by atoms with Crippen molar-refractivity contribution in [3.63, 3.8) is 0 Å². The number of carboxylic acids is 1. The van der Waals surface area contributed by atoms with Gasteiger partial charge in [0.1, 0.15) is 4.33 Å². The third kappa shape index (κ3) is 3.14. The molecule has 0 aromatic rings. The Morgan fingerprint density at radius 1 is 1.67 bits per heavy atom. The van der Waals surface area contributed by atoms with Crippen LogP contribution in [-0.4, -0.2) is 20.8 Å². The number of alkyl halides is 3. The standard InChI is InChI=1S/C4H5Cl3O2/c1-4(6,7)2(5)3(8)9/h2H,1H3,(H,8,9). The summed E-state index contributed by atoms with van der Waals surface area (Å²) in [4.78, 5) is 10.0. The van der Waals surface area contributed by atoms with Crippen LogP contribution in [0.3, 0.4) is 0 Å². The van der Waals surface area contributed by atoms with Crippen LogP contribution >= 0.6 is 34.8 Å². The zero-order valence-corrected chi connectivity index (χ0v) is 6.83. The van der Waals surface area contributed by atoms with E-state index in [1.54, 1.807) is 0 Å². The van der Waals surface area contributed by atoms with Gasteiger partial charge in [-0.3, -0.25) is 4.79 Å². The molecule has 0 aliphatic carbocycles. The summed E-state index contributed by atoms with van der Waals surface area (Å²) in [5, 5.41) is 6.95. The molecule has 0 amide bonds. The lowest BCUT2D eigenvalue weighted by Crippen LogP contribution is -2.30. The Balaban J connectivity index is 4.04. The van der Waals surface area contributed by atoms with Crippen molar-refractivity contribution < 1.29 is 9.90 Å². The minimum Gasteiger partial charge on any atom is -0.480 e. The van der Waals surface area contributed by atoms with Crippen LogP contribution in [-0.2, 0) is 4.79 Å². The van der Waals surface area contributed by atoms with Gasteiger partial charge in [-0.1, -0.05) is 23.2 Å². The van der Waals surface area contributed by atoms with E-state index in [1.807, 2.05) is 0 Å². The second kappa shape index (κ2) is 2.95. The van der Waals surface area contributed by atoms with Gasteiger partial charge in [0.15, 0.2) is 5.38 Å². The molecule has 0 spiro atoms. The maximum atomic E-state index is 10.0. The van der Waals surface area contributed by atoms with Gasteiger partial charge in [-0.25, -0.2) is 0 Å². The molecular formula is C4H5Cl3O2.